The molecule has 3 heterocycles. The van der Waals surface area contributed by atoms with Crippen LogP contribution >= 0.6 is 0 Å². The predicted molar refractivity (Wildman–Crippen MR) is 149 cm³/mol. The second kappa shape index (κ2) is 14.8. The largest absolute Gasteiger partial charge is 0.342 e. The Hall–Kier alpha value is -1.59. The molecule has 0 radical (unpaired) electrons. The highest BCUT2D eigenvalue weighted by Gasteiger charge is 2.30. The van der Waals surface area contributed by atoms with E-state index in [-0.39, 0.29) is 31.1 Å². The zero-order valence-corrected chi connectivity index (χ0v) is 23.1. The molecule has 3 rings (SSSR count). The van der Waals surface area contributed by atoms with Crippen molar-refractivity contribution in [1.82, 2.24) is 14.7 Å². The third-order valence-electron chi connectivity index (χ3n) is 6.10. The summed E-state index contributed by atoms with van der Waals surface area (Å²) < 4.78 is 0. The topological polar surface area (TPSA) is 60.9 Å². The van der Waals surface area contributed by atoms with Gasteiger partial charge in [-0.05, 0) is 38.5 Å². The van der Waals surface area contributed by atoms with Crippen molar-refractivity contribution >= 4 is 17.7 Å². The van der Waals surface area contributed by atoms with E-state index >= 15 is 0 Å². The van der Waals surface area contributed by atoms with Crippen molar-refractivity contribution in [3.05, 3.63) is 0 Å². The standard InChI is InChI=1S/C10H19NO.C9H17NO.C8H15NO.2CH4/c1-10(2,3)9(12)11-7-5-4-6-8-11;1-9(2,3)8(11)10-6-4-5-7-10;1-8(2,3)7(10)9-5-4-6-9;;/h4-8H2,1-3H3;4-7H2,1-3H3;4-6H2,1-3H3;2*1H4. The minimum atomic E-state index is -0.197. The average molecular weight is 498 g/mol. The Bertz CT molecular complexity index is 638. The minimum absolute atomic E-state index is 0. The van der Waals surface area contributed by atoms with Crippen LogP contribution in [-0.2, 0) is 14.4 Å². The van der Waals surface area contributed by atoms with Crippen LogP contribution in [-0.4, -0.2) is 71.7 Å². The maximum absolute atomic E-state index is 11.7. The molecule has 0 aromatic carbocycles. The van der Waals surface area contributed by atoms with Crippen LogP contribution in [0.1, 0.15) is 116 Å². The SMILES string of the molecule is C.C.CC(C)(C)C(=O)N1CCC1.CC(C)(C)C(=O)N1CCCC1.CC(C)(C)C(=O)N1CCCCC1. The monoisotopic (exact) mass is 497 g/mol. The molecule has 0 unspecified atom stereocenters. The van der Waals surface area contributed by atoms with E-state index in [1.165, 1.54) is 38.5 Å². The molecule has 6 heteroatoms. The van der Waals surface area contributed by atoms with Crippen molar-refractivity contribution in [2.45, 2.75) is 116 Å². The van der Waals surface area contributed by atoms with E-state index in [0.717, 1.165) is 39.3 Å². The quantitative estimate of drug-likeness (QED) is 0.398. The van der Waals surface area contributed by atoms with Gasteiger partial charge in [0.1, 0.15) is 0 Å². The van der Waals surface area contributed by atoms with Crippen molar-refractivity contribution in [3.8, 4) is 0 Å². The molecule has 3 saturated heterocycles. The molecule has 0 atom stereocenters. The molecule has 3 aliphatic rings. The molecule has 0 aromatic heterocycles. The van der Waals surface area contributed by atoms with Gasteiger partial charge in [0.05, 0.1) is 0 Å². The van der Waals surface area contributed by atoms with Crippen LogP contribution in [0.4, 0.5) is 0 Å². The molecule has 0 aliphatic carbocycles. The number of carbonyl (C=O) groups is 3. The first-order valence-corrected chi connectivity index (χ1v) is 12.9. The molecule has 3 amide bonds. The molecule has 0 aromatic rings. The van der Waals surface area contributed by atoms with E-state index in [1.54, 1.807) is 0 Å². The fourth-order valence-electron chi connectivity index (χ4n) is 3.96. The molecule has 0 saturated carbocycles. The van der Waals surface area contributed by atoms with Gasteiger partial charge in [0, 0.05) is 55.5 Å². The first-order chi connectivity index (χ1) is 15.0. The zero-order chi connectivity index (χ0) is 25.4. The Labute approximate surface area is 218 Å². The van der Waals surface area contributed by atoms with Crippen molar-refractivity contribution in [3.63, 3.8) is 0 Å². The highest BCUT2D eigenvalue weighted by atomic mass is 16.2. The Balaban J connectivity index is 0. The summed E-state index contributed by atoms with van der Waals surface area (Å²) in [6, 6.07) is 0. The summed E-state index contributed by atoms with van der Waals surface area (Å²) in [5.41, 5.74) is -0.567. The first-order valence-electron chi connectivity index (χ1n) is 12.9. The number of carbonyl (C=O) groups excluding carboxylic acids is 3. The Morgan fingerprint density at radius 3 is 0.771 bits per heavy atom. The van der Waals surface area contributed by atoms with Gasteiger partial charge in [0.15, 0.2) is 0 Å². The molecule has 0 bridgehead atoms. The highest BCUT2D eigenvalue weighted by Crippen LogP contribution is 2.22. The Kier molecular flexibility index (Phi) is 15.1. The lowest BCUT2D eigenvalue weighted by Gasteiger charge is -2.35. The second-order valence-electron chi connectivity index (χ2n) is 12.7. The highest BCUT2D eigenvalue weighted by molar-refractivity contribution is 5.82. The molecule has 0 spiro atoms. The van der Waals surface area contributed by atoms with Gasteiger partial charge in [-0.25, -0.2) is 0 Å². The van der Waals surface area contributed by atoms with Gasteiger partial charge in [-0.1, -0.05) is 77.2 Å². The number of piperidine rings is 1. The van der Waals surface area contributed by atoms with E-state index in [1.807, 2.05) is 77.0 Å². The summed E-state index contributed by atoms with van der Waals surface area (Å²) in [6.07, 6.45) is 7.20. The first kappa shape index (κ1) is 35.6. The fourth-order valence-corrected chi connectivity index (χ4v) is 3.96. The number of nitrogens with zero attached hydrogens (tertiary/aromatic N) is 3. The van der Waals surface area contributed by atoms with Gasteiger partial charge in [-0.2, -0.15) is 0 Å². The number of likely N-dealkylation sites (tertiary alicyclic amines) is 3. The van der Waals surface area contributed by atoms with Crippen molar-refractivity contribution in [2.75, 3.05) is 39.3 Å². The lowest BCUT2D eigenvalue weighted by atomic mass is 9.93. The summed E-state index contributed by atoms with van der Waals surface area (Å²) in [5.74, 6) is 0.899. The maximum Gasteiger partial charge on any atom is 0.227 e. The average Bonchev–Trinajstić information content (AvgIpc) is 3.19. The molecule has 208 valence electrons. The lowest BCUT2D eigenvalue weighted by Crippen LogP contribution is -2.47. The number of hydrogen-bond acceptors (Lipinski definition) is 3. The number of rotatable bonds is 0. The van der Waals surface area contributed by atoms with E-state index in [2.05, 4.69) is 0 Å². The summed E-state index contributed by atoms with van der Waals surface area (Å²) in [5, 5.41) is 0. The second-order valence-corrected chi connectivity index (χ2v) is 12.7. The Morgan fingerprint density at radius 1 is 0.400 bits per heavy atom. The van der Waals surface area contributed by atoms with Crippen LogP contribution in [0, 0.1) is 16.2 Å². The third-order valence-corrected chi connectivity index (χ3v) is 6.10. The van der Waals surface area contributed by atoms with Gasteiger partial charge >= 0.3 is 0 Å². The molecular formula is C29H59N3O3. The van der Waals surface area contributed by atoms with Crippen LogP contribution in [0.15, 0.2) is 0 Å². The fraction of sp³-hybridized carbons (Fsp3) is 0.897. The van der Waals surface area contributed by atoms with E-state index in [4.69, 9.17) is 0 Å². The van der Waals surface area contributed by atoms with Crippen LogP contribution in [0.5, 0.6) is 0 Å². The van der Waals surface area contributed by atoms with Gasteiger partial charge in [-0.3, -0.25) is 14.4 Å². The summed E-state index contributed by atoms with van der Waals surface area (Å²) in [4.78, 5) is 40.6. The molecule has 35 heavy (non-hydrogen) atoms. The smallest absolute Gasteiger partial charge is 0.227 e. The van der Waals surface area contributed by atoms with Crippen LogP contribution in [0.25, 0.3) is 0 Å². The molecule has 0 N–H and O–H groups in total. The molecular weight excluding hydrogens is 438 g/mol. The summed E-state index contributed by atoms with van der Waals surface area (Å²) >= 11 is 0. The number of hydrogen-bond donors (Lipinski definition) is 0. The molecule has 6 nitrogen and oxygen atoms in total. The van der Waals surface area contributed by atoms with Gasteiger partial charge in [-0.15, -0.1) is 0 Å². The number of amides is 3. The van der Waals surface area contributed by atoms with Crippen molar-refractivity contribution in [2.24, 2.45) is 16.2 Å². The van der Waals surface area contributed by atoms with E-state index in [9.17, 15) is 14.4 Å². The van der Waals surface area contributed by atoms with Crippen LogP contribution < -0.4 is 0 Å². The predicted octanol–water partition coefficient (Wildman–Crippen LogP) is 6.24. The normalized spacial score (nSPS) is 17.9. The lowest BCUT2D eigenvalue weighted by molar-refractivity contribution is -0.143. The molecule has 3 aliphatic heterocycles. The Morgan fingerprint density at radius 2 is 0.600 bits per heavy atom. The van der Waals surface area contributed by atoms with Crippen LogP contribution in [0.3, 0.4) is 0 Å². The third kappa shape index (κ3) is 12.3. The maximum atomic E-state index is 11.7. The van der Waals surface area contributed by atoms with E-state index < -0.39 is 0 Å². The van der Waals surface area contributed by atoms with Crippen molar-refractivity contribution in [1.29, 1.82) is 0 Å². The zero-order valence-electron chi connectivity index (χ0n) is 23.1. The van der Waals surface area contributed by atoms with Gasteiger partial charge < -0.3 is 14.7 Å². The minimum Gasteiger partial charge on any atom is -0.342 e. The van der Waals surface area contributed by atoms with Gasteiger partial charge in [0.25, 0.3) is 0 Å². The summed E-state index contributed by atoms with van der Waals surface area (Å²) in [7, 11) is 0. The van der Waals surface area contributed by atoms with Crippen molar-refractivity contribution < 1.29 is 14.4 Å². The summed E-state index contributed by atoms with van der Waals surface area (Å²) in [6.45, 7) is 23.6. The van der Waals surface area contributed by atoms with E-state index in [0.29, 0.717) is 17.7 Å². The van der Waals surface area contributed by atoms with Crippen LogP contribution in [0.2, 0.25) is 0 Å². The molecule has 3 fully saturated rings. The van der Waals surface area contributed by atoms with Gasteiger partial charge in [0.2, 0.25) is 17.7 Å².